The fourth-order valence-corrected chi connectivity index (χ4v) is 4.33. The second-order valence-electron chi connectivity index (χ2n) is 5.19. The topological polar surface area (TPSA) is 61.4 Å². The quantitative estimate of drug-likeness (QED) is 0.796. The maximum Gasteiger partial charge on any atom is 0.343 e. The summed E-state index contributed by atoms with van der Waals surface area (Å²) in [4.78, 5) is 11.3. The average molecular weight is 290 g/mol. The van der Waals surface area contributed by atoms with Crippen LogP contribution in [-0.2, 0) is 9.67 Å². The summed E-state index contributed by atoms with van der Waals surface area (Å²) in [6.45, 7) is 1.98. The van der Waals surface area contributed by atoms with E-state index in [1.54, 1.807) is 6.20 Å². The summed E-state index contributed by atoms with van der Waals surface area (Å²) in [6, 6.07) is 10.2. The van der Waals surface area contributed by atoms with Crippen LogP contribution in [0.1, 0.15) is 18.4 Å². The van der Waals surface area contributed by atoms with Crippen LogP contribution >= 0.6 is 11.8 Å². The van der Waals surface area contributed by atoms with Gasteiger partial charge in [0.1, 0.15) is 9.78 Å². The molecule has 1 atom stereocenters. The lowest BCUT2D eigenvalue weighted by Gasteiger charge is -2.40. The number of rotatable bonds is 3. The highest BCUT2D eigenvalue weighted by Crippen LogP contribution is 2.50. The predicted octanol–water partition coefficient (Wildman–Crippen LogP) is 2.10. The molecule has 0 aromatic heterocycles. The first-order valence-electron chi connectivity index (χ1n) is 6.89. The van der Waals surface area contributed by atoms with Gasteiger partial charge in [-0.2, -0.15) is 0 Å². The molecule has 0 radical (unpaired) electrons. The van der Waals surface area contributed by atoms with Crippen LogP contribution in [0, 0.1) is 5.92 Å². The van der Waals surface area contributed by atoms with E-state index in [1.807, 2.05) is 18.2 Å². The van der Waals surface area contributed by atoms with Crippen LogP contribution in [0.3, 0.4) is 0 Å². The summed E-state index contributed by atoms with van der Waals surface area (Å²) in [5.74, 6) is -0.432. The number of thioether (sulfide) groups is 1. The van der Waals surface area contributed by atoms with Crippen molar-refractivity contribution in [1.82, 2.24) is 10.6 Å². The van der Waals surface area contributed by atoms with Gasteiger partial charge in [-0.15, -0.1) is 0 Å². The molecule has 0 amide bonds. The molecular weight excluding hydrogens is 272 g/mol. The molecule has 106 valence electrons. The van der Waals surface area contributed by atoms with E-state index >= 15 is 0 Å². The maximum absolute atomic E-state index is 11.3. The number of hydrogen-bond donors (Lipinski definition) is 3. The Morgan fingerprint density at radius 3 is 2.55 bits per heavy atom. The summed E-state index contributed by atoms with van der Waals surface area (Å²) in [7, 11) is 0. The largest absolute Gasteiger partial charge is 0.477 e. The van der Waals surface area contributed by atoms with Gasteiger partial charge in [0.15, 0.2) is 0 Å². The summed E-state index contributed by atoms with van der Waals surface area (Å²) < 4.78 is 0. The number of benzene rings is 1. The van der Waals surface area contributed by atoms with Crippen molar-refractivity contribution in [3.8, 4) is 0 Å². The summed E-state index contributed by atoms with van der Waals surface area (Å²) in [5, 5.41) is 16.0. The zero-order valence-corrected chi connectivity index (χ0v) is 12.0. The molecule has 0 spiro atoms. The molecule has 1 unspecified atom stereocenters. The van der Waals surface area contributed by atoms with Gasteiger partial charge in [-0.1, -0.05) is 42.1 Å². The molecule has 0 aliphatic carbocycles. The van der Waals surface area contributed by atoms with Gasteiger partial charge in [0.05, 0.1) is 0 Å². The zero-order chi connectivity index (χ0) is 14.0. The normalized spacial score (nSPS) is 26.9. The molecule has 20 heavy (non-hydrogen) atoms. The number of carboxylic acids is 1. The third kappa shape index (κ3) is 2.31. The van der Waals surface area contributed by atoms with Crippen LogP contribution in [0.2, 0.25) is 0 Å². The van der Waals surface area contributed by atoms with Crippen LogP contribution in [0.5, 0.6) is 0 Å². The van der Waals surface area contributed by atoms with Gasteiger partial charge >= 0.3 is 5.97 Å². The second-order valence-corrected chi connectivity index (χ2v) is 6.47. The van der Waals surface area contributed by atoms with Crippen molar-refractivity contribution in [3.63, 3.8) is 0 Å². The van der Waals surface area contributed by atoms with Crippen molar-refractivity contribution in [3.05, 3.63) is 47.0 Å². The second kappa shape index (κ2) is 5.50. The number of carboxylic acid groups (broad SMARTS) is 1. The predicted molar refractivity (Wildman–Crippen MR) is 80.2 cm³/mol. The lowest BCUT2D eigenvalue weighted by Crippen LogP contribution is -2.45. The first kappa shape index (κ1) is 13.5. The minimum atomic E-state index is -0.853. The van der Waals surface area contributed by atoms with Gasteiger partial charge in [-0.3, -0.25) is 0 Å². The molecule has 2 aliphatic rings. The van der Waals surface area contributed by atoms with Gasteiger partial charge in [0, 0.05) is 6.20 Å². The van der Waals surface area contributed by atoms with Gasteiger partial charge in [-0.05, 0) is 37.4 Å². The van der Waals surface area contributed by atoms with Crippen molar-refractivity contribution >= 4 is 17.7 Å². The fourth-order valence-electron chi connectivity index (χ4n) is 3.00. The Morgan fingerprint density at radius 1 is 1.25 bits per heavy atom. The average Bonchev–Trinajstić information content (AvgIpc) is 2.96. The lowest BCUT2D eigenvalue weighted by atomic mass is 9.85. The molecule has 4 nitrogen and oxygen atoms in total. The van der Waals surface area contributed by atoms with Gasteiger partial charge in [0.2, 0.25) is 0 Å². The fraction of sp³-hybridized carbons (Fsp3) is 0.400. The van der Waals surface area contributed by atoms with E-state index < -0.39 is 5.97 Å². The van der Waals surface area contributed by atoms with E-state index in [2.05, 4.69) is 22.8 Å². The van der Waals surface area contributed by atoms with Crippen molar-refractivity contribution in [2.75, 3.05) is 13.1 Å². The Hall–Kier alpha value is -1.46. The van der Waals surface area contributed by atoms with Crippen molar-refractivity contribution in [2.24, 2.45) is 5.92 Å². The van der Waals surface area contributed by atoms with E-state index in [9.17, 15) is 9.90 Å². The van der Waals surface area contributed by atoms with Crippen molar-refractivity contribution in [1.29, 1.82) is 0 Å². The van der Waals surface area contributed by atoms with Crippen molar-refractivity contribution in [2.45, 2.75) is 17.7 Å². The molecule has 2 heterocycles. The maximum atomic E-state index is 11.3. The minimum Gasteiger partial charge on any atom is -0.477 e. The van der Waals surface area contributed by atoms with E-state index in [0.717, 1.165) is 31.5 Å². The summed E-state index contributed by atoms with van der Waals surface area (Å²) in [5.41, 5.74) is 1.16. The summed E-state index contributed by atoms with van der Waals surface area (Å²) >= 11 is 1.45. The van der Waals surface area contributed by atoms with Crippen LogP contribution < -0.4 is 10.6 Å². The molecule has 3 N–H and O–H groups in total. The number of nitrogens with one attached hydrogen (secondary N) is 2. The smallest absolute Gasteiger partial charge is 0.343 e. The van der Waals surface area contributed by atoms with Crippen LogP contribution in [0.25, 0.3) is 0 Å². The highest BCUT2D eigenvalue weighted by atomic mass is 32.2. The van der Waals surface area contributed by atoms with Crippen LogP contribution in [-0.4, -0.2) is 24.2 Å². The minimum absolute atomic E-state index is 0.336. The highest BCUT2D eigenvalue weighted by molar-refractivity contribution is 8.05. The molecule has 1 fully saturated rings. The molecule has 0 bridgehead atoms. The van der Waals surface area contributed by atoms with Crippen LogP contribution in [0.4, 0.5) is 0 Å². The highest BCUT2D eigenvalue weighted by Gasteiger charge is 2.45. The summed E-state index contributed by atoms with van der Waals surface area (Å²) in [6.07, 6.45) is 3.76. The third-order valence-electron chi connectivity index (χ3n) is 4.02. The van der Waals surface area contributed by atoms with Crippen molar-refractivity contribution < 1.29 is 9.90 Å². The Balaban J connectivity index is 1.94. The van der Waals surface area contributed by atoms with E-state index in [4.69, 9.17) is 0 Å². The van der Waals surface area contributed by atoms with E-state index in [-0.39, 0.29) is 4.87 Å². The Morgan fingerprint density at radius 2 is 1.95 bits per heavy atom. The number of hydrogen-bond acceptors (Lipinski definition) is 4. The molecule has 3 rings (SSSR count). The number of piperidine rings is 1. The number of carbonyl (C=O) groups is 1. The molecule has 5 heteroatoms. The zero-order valence-electron chi connectivity index (χ0n) is 11.1. The van der Waals surface area contributed by atoms with Gasteiger partial charge < -0.3 is 15.7 Å². The molecule has 1 aromatic carbocycles. The molecule has 1 saturated heterocycles. The van der Waals surface area contributed by atoms with Gasteiger partial charge in [0.25, 0.3) is 0 Å². The monoisotopic (exact) mass is 290 g/mol. The first-order chi connectivity index (χ1) is 9.72. The SMILES string of the molecule is O=C(O)C1=CNC(c2ccccc2)(C2CCNCC2)S1. The molecule has 2 aliphatic heterocycles. The molecular formula is C15H18N2O2S. The molecule has 0 saturated carbocycles. The van der Waals surface area contributed by atoms with Gasteiger partial charge in [-0.25, -0.2) is 4.79 Å². The molecule has 1 aromatic rings. The van der Waals surface area contributed by atoms with E-state index in [0.29, 0.717) is 10.8 Å². The Kier molecular flexibility index (Phi) is 3.72. The first-order valence-corrected chi connectivity index (χ1v) is 7.70. The standard InChI is InChI=1S/C15H18N2O2S/c18-14(19)13-10-17-15(20-13,11-4-2-1-3-5-11)12-6-8-16-9-7-12/h1-5,10,12,16-17H,6-9H2,(H,18,19). The Labute approximate surface area is 122 Å². The third-order valence-corrected chi connectivity index (χ3v) is 5.54. The van der Waals surface area contributed by atoms with E-state index in [1.165, 1.54) is 11.8 Å². The number of aliphatic carboxylic acids is 1. The lowest BCUT2D eigenvalue weighted by molar-refractivity contribution is -0.131. The Bertz CT molecular complexity index is 526. The van der Waals surface area contributed by atoms with Crippen LogP contribution in [0.15, 0.2) is 41.4 Å².